The molecule has 4 nitrogen and oxygen atoms in total. The molecule has 1 aliphatic rings. The number of amides is 1. The monoisotopic (exact) mass is 213 g/mol. The Hall–Kier alpha value is -1.03. The van der Waals surface area contributed by atoms with Crippen LogP contribution in [0.5, 0.6) is 0 Å². The van der Waals surface area contributed by atoms with Gasteiger partial charge in [-0.05, 0) is 33.6 Å². The largest absolute Gasteiger partial charge is 0.444 e. The molecule has 0 spiro atoms. The maximum atomic E-state index is 11.4. The van der Waals surface area contributed by atoms with Gasteiger partial charge in [0.05, 0.1) is 12.1 Å². The molecule has 0 radical (unpaired) electrons. The Balaban J connectivity index is 2.36. The van der Waals surface area contributed by atoms with E-state index in [0.717, 1.165) is 6.42 Å². The zero-order valence-corrected chi connectivity index (χ0v) is 9.49. The molecule has 0 bridgehead atoms. The summed E-state index contributed by atoms with van der Waals surface area (Å²) in [6.07, 6.45) is 4.15. The summed E-state index contributed by atoms with van der Waals surface area (Å²) in [6, 6.07) is -0.0248. The maximum Gasteiger partial charge on any atom is 0.408 e. The van der Waals surface area contributed by atoms with E-state index in [1.165, 1.54) is 0 Å². The molecule has 0 saturated heterocycles. The molecule has 0 heterocycles. The molecule has 0 fully saturated rings. The lowest BCUT2D eigenvalue weighted by molar-refractivity contribution is 0.0506. The molecule has 0 saturated carbocycles. The molecule has 0 unspecified atom stereocenters. The smallest absolute Gasteiger partial charge is 0.408 e. The van der Waals surface area contributed by atoms with Gasteiger partial charge in [0.1, 0.15) is 5.60 Å². The van der Waals surface area contributed by atoms with Crippen LogP contribution >= 0.6 is 0 Å². The zero-order valence-electron chi connectivity index (χ0n) is 9.49. The van der Waals surface area contributed by atoms with Crippen LogP contribution in [0.4, 0.5) is 4.79 Å². The maximum absolute atomic E-state index is 11.4. The number of carbonyl (C=O) groups excluding carboxylic acids is 1. The SMILES string of the molecule is CC(C)(C)OC(=O)N[C@@H]1C=C[C@@H](O)CC1. The lowest BCUT2D eigenvalue weighted by Crippen LogP contribution is -2.39. The van der Waals surface area contributed by atoms with E-state index in [1.54, 1.807) is 12.2 Å². The van der Waals surface area contributed by atoms with E-state index in [-0.39, 0.29) is 12.1 Å². The fraction of sp³-hybridized carbons (Fsp3) is 0.727. The van der Waals surface area contributed by atoms with Crippen LogP contribution in [-0.4, -0.2) is 28.9 Å². The van der Waals surface area contributed by atoms with Crippen molar-refractivity contribution in [3.05, 3.63) is 12.2 Å². The summed E-state index contributed by atoms with van der Waals surface area (Å²) >= 11 is 0. The molecule has 4 heteroatoms. The van der Waals surface area contributed by atoms with Gasteiger partial charge in [0.25, 0.3) is 0 Å². The molecular formula is C11H19NO3. The molecule has 0 aliphatic heterocycles. The molecule has 1 amide bonds. The van der Waals surface area contributed by atoms with Crippen LogP contribution in [0.15, 0.2) is 12.2 Å². The Kier molecular flexibility index (Phi) is 3.74. The van der Waals surface area contributed by atoms with Gasteiger partial charge in [-0.3, -0.25) is 0 Å². The Morgan fingerprint density at radius 2 is 2.07 bits per heavy atom. The van der Waals surface area contributed by atoms with Gasteiger partial charge in [-0.15, -0.1) is 0 Å². The first kappa shape index (κ1) is 12.0. The van der Waals surface area contributed by atoms with E-state index >= 15 is 0 Å². The predicted octanol–water partition coefficient (Wildman–Crippen LogP) is 1.59. The number of hydrogen-bond acceptors (Lipinski definition) is 3. The molecular weight excluding hydrogens is 194 g/mol. The number of carbonyl (C=O) groups is 1. The third-order valence-corrected chi connectivity index (χ3v) is 2.04. The Labute approximate surface area is 90.3 Å². The minimum atomic E-state index is -0.470. The number of ether oxygens (including phenoxy) is 1. The Bertz CT molecular complexity index is 255. The van der Waals surface area contributed by atoms with E-state index in [1.807, 2.05) is 20.8 Å². The normalized spacial score (nSPS) is 26.1. The quantitative estimate of drug-likeness (QED) is 0.650. The van der Waals surface area contributed by atoms with Crippen molar-refractivity contribution in [2.24, 2.45) is 0 Å². The predicted molar refractivity (Wildman–Crippen MR) is 57.5 cm³/mol. The lowest BCUT2D eigenvalue weighted by atomic mass is 10.0. The second kappa shape index (κ2) is 4.66. The zero-order chi connectivity index (χ0) is 11.5. The molecule has 1 rings (SSSR count). The van der Waals surface area contributed by atoms with Gasteiger partial charge in [-0.2, -0.15) is 0 Å². The first-order valence-corrected chi connectivity index (χ1v) is 5.23. The number of alkyl carbamates (subject to hydrolysis) is 1. The minimum Gasteiger partial charge on any atom is -0.444 e. The topological polar surface area (TPSA) is 58.6 Å². The number of nitrogens with one attached hydrogen (secondary N) is 1. The minimum absolute atomic E-state index is 0.0248. The summed E-state index contributed by atoms with van der Waals surface area (Å²) in [7, 11) is 0. The van der Waals surface area contributed by atoms with E-state index in [0.29, 0.717) is 6.42 Å². The highest BCUT2D eigenvalue weighted by molar-refractivity contribution is 5.68. The van der Waals surface area contributed by atoms with Crippen molar-refractivity contribution in [2.45, 2.75) is 51.4 Å². The summed E-state index contributed by atoms with van der Waals surface area (Å²) in [5.74, 6) is 0. The summed E-state index contributed by atoms with van der Waals surface area (Å²) < 4.78 is 5.12. The van der Waals surface area contributed by atoms with E-state index < -0.39 is 11.7 Å². The average molecular weight is 213 g/mol. The van der Waals surface area contributed by atoms with Gasteiger partial charge in [-0.25, -0.2) is 4.79 Å². The van der Waals surface area contributed by atoms with E-state index in [2.05, 4.69) is 5.32 Å². The Morgan fingerprint density at radius 3 is 2.53 bits per heavy atom. The fourth-order valence-corrected chi connectivity index (χ4v) is 1.38. The second-order valence-electron chi connectivity index (χ2n) is 4.78. The van der Waals surface area contributed by atoms with Crippen molar-refractivity contribution >= 4 is 6.09 Å². The van der Waals surface area contributed by atoms with Crippen molar-refractivity contribution in [3.63, 3.8) is 0 Å². The van der Waals surface area contributed by atoms with Crippen LogP contribution in [0.25, 0.3) is 0 Å². The first-order valence-electron chi connectivity index (χ1n) is 5.23. The number of aliphatic hydroxyl groups is 1. The summed E-state index contributed by atoms with van der Waals surface area (Å²) in [5, 5.41) is 12.0. The molecule has 15 heavy (non-hydrogen) atoms. The van der Waals surface area contributed by atoms with Gasteiger partial charge in [0.15, 0.2) is 0 Å². The van der Waals surface area contributed by atoms with Crippen LogP contribution in [0.3, 0.4) is 0 Å². The first-order chi connectivity index (χ1) is 6.87. The van der Waals surface area contributed by atoms with Crippen LogP contribution in [-0.2, 0) is 4.74 Å². The van der Waals surface area contributed by atoms with Gasteiger partial charge >= 0.3 is 6.09 Å². The van der Waals surface area contributed by atoms with Gasteiger partial charge < -0.3 is 15.2 Å². The lowest BCUT2D eigenvalue weighted by Gasteiger charge is -2.24. The highest BCUT2D eigenvalue weighted by Crippen LogP contribution is 2.12. The van der Waals surface area contributed by atoms with Gasteiger partial charge in [0.2, 0.25) is 0 Å². The van der Waals surface area contributed by atoms with Crippen LogP contribution in [0.2, 0.25) is 0 Å². The summed E-state index contributed by atoms with van der Waals surface area (Å²) in [6.45, 7) is 5.48. The van der Waals surface area contributed by atoms with E-state index in [9.17, 15) is 9.90 Å². The highest BCUT2D eigenvalue weighted by atomic mass is 16.6. The van der Waals surface area contributed by atoms with Gasteiger partial charge in [0, 0.05) is 0 Å². The molecule has 1 aliphatic carbocycles. The van der Waals surface area contributed by atoms with E-state index in [4.69, 9.17) is 4.74 Å². The molecule has 2 N–H and O–H groups in total. The number of hydrogen-bond donors (Lipinski definition) is 2. The molecule has 2 atom stereocenters. The number of rotatable bonds is 1. The van der Waals surface area contributed by atoms with Crippen LogP contribution < -0.4 is 5.32 Å². The standard InChI is InChI=1S/C11H19NO3/c1-11(2,3)15-10(14)12-8-4-6-9(13)7-5-8/h4,6,8-9,13H,5,7H2,1-3H3,(H,12,14)/t8-,9-/m1/s1. The Morgan fingerprint density at radius 1 is 1.40 bits per heavy atom. The number of aliphatic hydroxyl groups excluding tert-OH is 1. The second-order valence-corrected chi connectivity index (χ2v) is 4.78. The highest BCUT2D eigenvalue weighted by Gasteiger charge is 2.20. The third kappa shape index (κ3) is 4.83. The average Bonchev–Trinajstić information content (AvgIpc) is 2.05. The summed E-state index contributed by atoms with van der Waals surface area (Å²) in [4.78, 5) is 11.4. The van der Waals surface area contributed by atoms with Crippen molar-refractivity contribution in [3.8, 4) is 0 Å². The van der Waals surface area contributed by atoms with Gasteiger partial charge in [-0.1, -0.05) is 12.2 Å². The molecule has 0 aromatic heterocycles. The van der Waals surface area contributed by atoms with Crippen molar-refractivity contribution in [1.82, 2.24) is 5.32 Å². The third-order valence-electron chi connectivity index (χ3n) is 2.04. The summed E-state index contributed by atoms with van der Waals surface area (Å²) in [5.41, 5.74) is -0.470. The van der Waals surface area contributed by atoms with Crippen molar-refractivity contribution < 1.29 is 14.6 Å². The molecule has 0 aromatic rings. The van der Waals surface area contributed by atoms with Crippen LogP contribution in [0.1, 0.15) is 33.6 Å². The molecule has 86 valence electrons. The fourth-order valence-electron chi connectivity index (χ4n) is 1.38. The van der Waals surface area contributed by atoms with Crippen molar-refractivity contribution in [2.75, 3.05) is 0 Å². The van der Waals surface area contributed by atoms with Crippen LogP contribution in [0, 0.1) is 0 Å². The molecule has 0 aromatic carbocycles. The van der Waals surface area contributed by atoms with Crippen molar-refractivity contribution in [1.29, 1.82) is 0 Å².